The summed E-state index contributed by atoms with van der Waals surface area (Å²) < 4.78 is 0. The van der Waals surface area contributed by atoms with Gasteiger partial charge in [-0.3, -0.25) is 0 Å². The number of hydrogen-bond donors (Lipinski definition) is 2. The molecule has 2 nitrogen and oxygen atoms in total. The molecule has 0 spiro atoms. The number of hydrogen-bond acceptors (Lipinski definition) is 2. The second-order valence-corrected chi connectivity index (χ2v) is 21.2. The van der Waals surface area contributed by atoms with Crippen LogP contribution in [0, 0.1) is 0 Å². The number of aliphatic hydroxyl groups excluding tert-OH is 2. The van der Waals surface area contributed by atoms with E-state index in [1.165, 1.54) is 0 Å². The second-order valence-electron chi connectivity index (χ2n) is 2.26. The fourth-order valence-corrected chi connectivity index (χ4v) is 0. The Balaban J connectivity index is -0.0000000886. The molecule has 0 aromatic carbocycles. The van der Waals surface area contributed by atoms with Gasteiger partial charge in [0.1, 0.15) is 0 Å². The summed E-state index contributed by atoms with van der Waals surface area (Å²) in [6.07, 6.45) is -0.333. The van der Waals surface area contributed by atoms with Crippen molar-refractivity contribution >= 4 is 36.1 Å². The van der Waals surface area contributed by atoms with Crippen LogP contribution in [0.25, 0.3) is 0 Å². The van der Waals surface area contributed by atoms with E-state index in [0.717, 1.165) is 0 Å². The van der Waals surface area contributed by atoms with Gasteiger partial charge in [-0.25, -0.2) is 0 Å². The molecule has 0 aliphatic heterocycles. The van der Waals surface area contributed by atoms with Crippen LogP contribution in [-0.2, 0) is 14.9 Å². The average Bonchev–Trinajstić information content (AvgIpc) is 1.60. The first-order valence-corrected chi connectivity index (χ1v) is 17.8. The Morgan fingerprint density at radius 1 is 0.909 bits per heavy atom. The molecule has 0 rings (SSSR count). The molecule has 0 aliphatic carbocycles. The Hall–Kier alpha value is 2.26. The minimum atomic E-state index is -0.167. The SMILES string of the molecule is CC(C)O.CC(C)O.[I][Zr][I]. The van der Waals surface area contributed by atoms with Crippen LogP contribution in [0.1, 0.15) is 27.7 Å². The summed E-state index contributed by atoms with van der Waals surface area (Å²) >= 11 is 5.06. The van der Waals surface area contributed by atoms with Crippen molar-refractivity contribution in [2.24, 2.45) is 0 Å². The Bertz CT molecular complexity index is 42.3. The maximum atomic E-state index is 8.06. The first kappa shape index (κ1) is 18.9. The number of rotatable bonds is 0. The molecule has 0 aliphatic rings. The molecular formula is C6H16I2O2Zr. The third-order valence-electron chi connectivity index (χ3n) is 0. The summed E-state index contributed by atoms with van der Waals surface area (Å²) in [4.78, 5) is 0. The van der Waals surface area contributed by atoms with Crippen LogP contribution in [-0.4, -0.2) is 22.4 Å². The van der Waals surface area contributed by atoms with E-state index >= 15 is 0 Å². The molecule has 0 aromatic rings. The van der Waals surface area contributed by atoms with Crippen molar-refractivity contribution in [3.63, 3.8) is 0 Å². The molecule has 2 N–H and O–H groups in total. The Kier molecular flexibility index (Phi) is 31.2. The van der Waals surface area contributed by atoms with Crippen molar-refractivity contribution in [3.8, 4) is 0 Å². The first-order valence-electron chi connectivity index (χ1n) is 3.20. The monoisotopic (exact) mass is 464 g/mol. The van der Waals surface area contributed by atoms with E-state index in [1.807, 2.05) is 0 Å². The molecule has 0 heterocycles. The van der Waals surface area contributed by atoms with E-state index < -0.39 is 0 Å². The van der Waals surface area contributed by atoms with E-state index in [9.17, 15) is 0 Å². The molecule has 0 aromatic heterocycles. The average molecular weight is 465 g/mol. The summed E-state index contributed by atoms with van der Waals surface area (Å²) in [7, 11) is 0. The number of halogens is 2. The molecule has 0 fully saturated rings. The van der Waals surface area contributed by atoms with E-state index in [-0.39, 0.29) is 27.1 Å². The van der Waals surface area contributed by atoms with Crippen molar-refractivity contribution in [2.45, 2.75) is 39.9 Å². The van der Waals surface area contributed by atoms with Crippen molar-refractivity contribution in [1.29, 1.82) is 0 Å². The van der Waals surface area contributed by atoms with Gasteiger partial charge in [-0.2, -0.15) is 0 Å². The van der Waals surface area contributed by atoms with Gasteiger partial charge in [-0.1, -0.05) is 0 Å². The van der Waals surface area contributed by atoms with Gasteiger partial charge in [0.25, 0.3) is 0 Å². The van der Waals surface area contributed by atoms with Crippen molar-refractivity contribution < 1.29 is 25.1 Å². The molecule has 0 radical (unpaired) electrons. The minimum absolute atomic E-state index is 0.167. The quantitative estimate of drug-likeness (QED) is 0.541. The zero-order valence-electron chi connectivity index (χ0n) is 7.31. The number of aliphatic hydroxyl groups is 2. The van der Waals surface area contributed by atoms with Crippen LogP contribution in [0.15, 0.2) is 0 Å². The Morgan fingerprint density at radius 3 is 0.909 bits per heavy atom. The van der Waals surface area contributed by atoms with Crippen LogP contribution in [0.5, 0.6) is 0 Å². The van der Waals surface area contributed by atoms with Gasteiger partial charge in [-0.05, 0) is 27.7 Å². The standard InChI is InChI=1S/2C3H8O.2HI.Zr/c2*1-3(2)4;;;/h2*3-4H,1-2H3;2*1H;/q;;;;+2/p-2. The molecule has 0 amide bonds. The van der Waals surface area contributed by atoms with E-state index in [2.05, 4.69) is 36.1 Å². The second kappa shape index (κ2) is 18.1. The van der Waals surface area contributed by atoms with Gasteiger partial charge in [0.05, 0.1) is 0 Å². The van der Waals surface area contributed by atoms with Gasteiger partial charge in [0.2, 0.25) is 0 Å². The molecule has 0 bridgehead atoms. The predicted octanol–water partition coefficient (Wildman–Crippen LogP) is 2.54. The first-order chi connectivity index (χ1) is 4.88. The summed E-state index contributed by atoms with van der Waals surface area (Å²) in [6, 6.07) is 0. The Labute approximate surface area is 99.5 Å². The van der Waals surface area contributed by atoms with Gasteiger partial charge < -0.3 is 10.2 Å². The zero-order chi connectivity index (χ0) is 9.86. The molecule has 0 unspecified atom stereocenters. The van der Waals surface area contributed by atoms with Crippen LogP contribution in [0.2, 0.25) is 0 Å². The van der Waals surface area contributed by atoms with Crippen LogP contribution in [0.4, 0.5) is 0 Å². The van der Waals surface area contributed by atoms with Gasteiger partial charge in [0, 0.05) is 12.2 Å². The molecular weight excluding hydrogens is 449 g/mol. The van der Waals surface area contributed by atoms with Gasteiger partial charge in [0.15, 0.2) is 0 Å². The molecule has 70 valence electrons. The van der Waals surface area contributed by atoms with Crippen LogP contribution in [0.3, 0.4) is 0 Å². The van der Waals surface area contributed by atoms with Gasteiger partial charge >= 0.3 is 50.9 Å². The fourth-order valence-electron chi connectivity index (χ4n) is 0. The van der Waals surface area contributed by atoms with Crippen molar-refractivity contribution in [3.05, 3.63) is 0 Å². The summed E-state index contributed by atoms with van der Waals surface area (Å²) in [5.74, 6) is 0. The summed E-state index contributed by atoms with van der Waals surface area (Å²) in [5, 5.41) is 16.1. The van der Waals surface area contributed by atoms with Crippen LogP contribution < -0.4 is 0 Å². The van der Waals surface area contributed by atoms with E-state index in [0.29, 0.717) is 0 Å². The summed E-state index contributed by atoms with van der Waals surface area (Å²) in [5.41, 5.74) is 0. The normalized spacial score (nSPS) is 7.82. The Morgan fingerprint density at radius 2 is 0.909 bits per heavy atom. The fraction of sp³-hybridized carbons (Fsp3) is 1.00. The third-order valence-corrected chi connectivity index (χ3v) is 0. The molecule has 0 atom stereocenters. The maximum absolute atomic E-state index is 8.06. The van der Waals surface area contributed by atoms with Gasteiger partial charge in [-0.15, -0.1) is 0 Å². The molecule has 11 heavy (non-hydrogen) atoms. The topological polar surface area (TPSA) is 40.5 Å². The predicted molar refractivity (Wildman–Crippen MR) is 62.7 cm³/mol. The van der Waals surface area contributed by atoms with E-state index in [1.54, 1.807) is 27.7 Å². The molecule has 5 heteroatoms. The molecule has 0 saturated heterocycles. The zero-order valence-corrected chi connectivity index (χ0v) is 14.1. The van der Waals surface area contributed by atoms with Crippen molar-refractivity contribution in [1.82, 2.24) is 0 Å². The molecule has 0 saturated carbocycles. The summed E-state index contributed by atoms with van der Waals surface area (Å²) in [6.45, 7) is 6.89. The van der Waals surface area contributed by atoms with Crippen LogP contribution >= 0.6 is 36.1 Å². The third kappa shape index (κ3) is 252. The van der Waals surface area contributed by atoms with Crippen molar-refractivity contribution in [2.75, 3.05) is 0 Å². The van der Waals surface area contributed by atoms with E-state index in [4.69, 9.17) is 10.2 Å².